The molecule has 1 aliphatic heterocycles. The van der Waals surface area contributed by atoms with Gasteiger partial charge in [-0.2, -0.15) is 5.10 Å². The van der Waals surface area contributed by atoms with Crippen molar-refractivity contribution in [3.05, 3.63) is 81.1 Å². The molecule has 0 saturated carbocycles. The molecule has 29 heavy (non-hydrogen) atoms. The Morgan fingerprint density at radius 1 is 1.17 bits per heavy atom. The van der Waals surface area contributed by atoms with Gasteiger partial charge in [0.2, 0.25) is 0 Å². The highest BCUT2D eigenvalue weighted by molar-refractivity contribution is 5.81. The van der Waals surface area contributed by atoms with Gasteiger partial charge in [-0.3, -0.25) is 4.98 Å². The Balaban J connectivity index is 2.26. The molecule has 0 aliphatic carbocycles. The highest BCUT2D eigenvalue weighted by atomic mass is 15.5. The maximum atomic E-state index is 4.94. The van der Waals surface area contributed by atoms with E-state index < -0.39 is 0 Å². The Morgan fingerprint density at radius 2 is 1.97 bits per heavy atom. The molecule has 0 unspecified atom stereocenters. The molecule has 150 valence electrons. The van der Waals surface area contributed by atoms with Gasteiger partial charge in [0, 0.05) is 24.5 Å². The average molecular weight is 387 g/mol. The number of nitrogens with one attached hydrogen (secondary N) is 1. The Labute approximate surface area is 173 Å². The number of aryl methyl sites for hydroxylation is 1. The van der Waals surface area contributed by atoms with Crippen LogP contribution in [0.1, 0.15) is 39.3 Å². The fraction of sp³-hybridized carbons (Fsp3) is 0.280. The first-order chi connectivity index (χ1) is 14.0. The number of allylic oxidation sites excluding steroid dienone is 2. The molecule has 0 atom stereocenters. The zero-order valence-electron chi connectivity index (χ0n) is 17.9. The Morgan fingerprint density at radius 3 is 2.66 bits per heavy atom. The van der Waals surface area contributed by atoms with Crippen LogP contribution in [-0.2, 0) is 6.42 Å². The van der Waals surface area contributed by atoms with Crippen LogP contribution in [0.3, 0.4) is 0 Å². The van der Waals surface area contributed by atoms with E-state index in [-0.39, 0.29) is 0 Å². The van der Waals surface area contributed by atoms with Gasteiger partial charge in [0.15, 0.2) is 0 Å². The predicted molar refractivity (Wildman–Crippen MR) is 123 cm³/mol. The highest BCUT2D eigenvalue weighted by Gasteiger charge is 2.21. The third-order valence-corrected chi connectivity index (χ3v) is 5.01. The number of benzene rings is 1. The molecule has 1 aromatic carbocycles. The lowest BCUT2D eigenvalue weighted by Crippen LogP contribution is -2.41. The number of anilines is 1. The molecule has 1 aromatic heterocycles. The molecule has 0 radical (unpaired) electrons. The number of hydrogen-bond acceptors (Lipinski definition) is 4. The summed E-state index contributed by atoms with van der Waals surface area (Å²) in [4.78, 5) is 4.94. The molecule has 1 aliphatic rings. The lowest BCUT2D eigenvalue weighted by molar-refractivity contribution is 0.855. The normalized spacial score (nSPS) is 14.7. The molecule has 0 saturated heterocycles. The van der Waals surface area contributed by atoms with Crippen LogP contribution in [0, 0.1) is 0 Å². The second-order valence-corrected chi connectivity index (χ2v) is 7.27. The zero-order valence-corrected chi connectivity index (χ0v) is 17.9. The SMILES string of the molecule is C=C1C(/C(C)=C/CC)=c2nc(CCC)ccc2=NN1c1ccc(=C)/c(=C\NC)c1. The second kappa shape index (κ2) is 8.91. The molecular formula is C25H30N4. The lowest BCUT2D eigenvalue weighted by Gasteiger charge is -2.27. The Bertz CT molecular complexity index is 1190. The van der Waals surface area contributed by atoms with Gasteiger partial charge < -0.3 is 5.32 Å². The van der Waals surface area contributed by atoms with E-state index in [0.717, 1.165) is 63.1 Å². The Kier molecular flexibility index (Phi) is 6.32. The number of pyridine rings is 1. The molecule has 4 nitrogen and oxygen atoms in total. The van der Waals surface area contributed by atoms with Crippen LogP contribution in [0.2, 0.25) is 0 Å². The summed E-state index contributed by atoms with van der Waals surface area (Å²) in [7, 11) is 1.89. The molecule has 1 N–H and O–H groups in total. The van der Waals surface area contributed by atoms with Crippen LogP contribution < -0.4 is 31.5 Å². The minimum Gasteiger partial charge on any atom is -0.393 e. The summed E-state index contributed by atoms with van der Waals surface area (Å²) >= 11 is 0. The number of nitrogens with zero attached hydrogens (tertiary/aromatic N) is 3. The fourth-order valence-electron chi connectivity index (χ4n) is 3.60. The zero-order chi connectivity index (χ0) is 21.0. The van der Waals surface area contributed by atoms with Gasteiger partial charge in [0.05, 0.1) is 11.4 Å². The van der Waals surface area contributed by atoms with Crippen molar-refractivity contribution in [3.8, 4) is 0 Å². The molecule has 4 heteroatoms. The van der Waals surface area contributed by atoms with Crippen molar-refractivity contribution >= 4 is 24.0 Å². The van der Waals surface area contributed by atoms with Crippen molar-refractivity contribution in [2.24, 2.45) is 5.10 Å². The third-order valence-electron chi connectivity index (χ3n) is 5.01. The van der Waals surface area contributed by atoms with Gasteiger partial charge in [0.1, 0.15) is 10.7 Å². The first-order valence-corrected chi connectivity index (χ1v) is 10.2. The fourth-order valence-corrected chi connectivity index (χ4v) is 3.60. The van der Waals surface area contributed by atoms with Gasteiger partial charge in [-0.15, -0.1) is 0 Å². The summed E-state index contributed by atoms with van der Waals surface area (Å²) < 4.78 is 0. The maximum absolute atomic E-state index is 4.94. The molecular weight excluding hydrogens is 356 g/mol. The monoisotopic (exact) mass is 386 g/mol. The molecule has 0 bridgehead atoms. The summed E-state index contributed by atoms with van der Waals surface area (Å²) in [6, 6.07) is 10.3. The smallest absolute Gasteiger partial charge is 0.110 e. The molecule has 2 aromatic rings. The van der Waals surface area contributed by atoms with Gasteiger partial charge in [-0.1, -0.05) is 45.6 Å². The van der Waals surface area contributed by atoms with Crippen molar-refractivity contribution in [2.45, 2.75) is 40.0 Å². The first kappa shape index (κ1) is 20.6. The minimum atomic E-state index is 0.841. The molecule has 2 heterocycles. The number of hydrogen-bond donors (Lipinski definition) is 1. The van der Waals surface area contributed by atoms with E-state index in [1.807, 2.05) is 30.4 Å². The first-order valence-electron chi connectivity index (χ1n) is 10.2. The topological polar surface area (TPSA) is 40.5 Å². The van der Waals surface area contributed by atoms with Crippen LogP contribution >= 0.6 is 0 Å². The van der Waals surface area contributed by atoms with Crippen LogP contribution in [0.15, 0.2) is 59.4 Å². The molecule has 3 rings (SSSR count). The van der Waals surface area contributed by atoms with Crippen molar-refractivity contribution in [3.63, 3.8) is 0 Å². The third kappa shape index (κ3) is 4.16. The molecule has 0 spiro atoms. The van der Waals surface area contributed by atoms with Crippen molar-refractivity contribution in [2.75, 3.05) is 12.1 Å². The largest absolute Gasteiger partial charge is 0.393 e. The van der Waals surface area contributed by atoms with E-state index in [1.54, 1.807) is 0 Å². The highest BCUT2D eigenvalue weighted by Crippen LogP contribution is 2.27. The summed E-state index contributed by atoms with van der Waals surface area (Å²) in [5.41, 5.74) is 5.13. The maximum Gasteiger partial charge on any atom is 0.110 e. The number of fused-ring (bicyclic) bond motifs is 1. The van der Waals surface area contributed by atoms with Crippen molar-refractivity contribution in [1.29, 1.82) is 0 Å². The van der Waals surface area contributed by atoms with Gasteiger partial charge in [-0.25, -0.2) is 5.01 Å². The van der Waals surface area contributed by atoms with Crippen molar-refractivity contribution < 1.29 is 0 Å². The van der Waals surface area contributed by atoms with E-state index in [4.69, 9.17) is 10.1 Å². The summed E-state index contributed by atoms with van der Waals surface area (Å²) in [6.07, 6.45) is 7.15. The van der Waals surface area contributed by atoms with Crippen LogP contribution in [0.5, 0.6) is 0 Å². The van der Waals surface area contributed by atoms with Gasteiger partial charge >= 0.3 is 0 Å². The summed E-state index contributed by atoms with van der Waals surface area (Å²) in [6.45, 7) is 15.0. The van der Waals surface area contributed by atoms with E-state index in [9.17, 15) is 0 Å². The average Bonchev–Trinajstić information content (AvgIpc) is 2.70. The summed E-state index contributed by atoms with van der Waals surface area (Å²) in [5, 5.41) is 13.7. The Hall–Kier alpha value is -3.14. The van der Waals surface area contributed by atoms with Gasteiger partial charge in [0.25, 0.3) is 0 Å². The van der Waals surface area contributed by atoms with E-state index in [0.29, 0.717) is 0 Å². The summed E-state index contributed by atoms with van der Waals surface area (Å²) in [5.74, 6) is 0. The molecule has 0 amide bonds. The predicted octanol–water partition coefficient (Wildman–Crippen LogP) is 2.48. The van der Waals surface area contributed by atoms with E-state index in [2.05, 4.69) is 63.5 Å². The number of rotatable bonds is 6. The minimum absolute atomic E-state index is 0.841. The van der Waals surface area contributed by atoms with Crippen LogP contribution in [0.4, 0.5) is 5.69 Å². The van der Waals surface area contributed by atoms with E-state index >= 15 is 0 Å². The van der Waals surface area contributed by atoms with Crippen LogP contribution in [-0.4, -0.2) is 12.0 Å². The number of aromatic nitrogens is 1. The standard InChI is InChI=1S/C25H30N4/c1-7-9-18(4)24-19(5)29(22-13-11-17(3)20(15-22)16-26-6)28-23-14-12-21(10-8-2)27-25(23)24/h9,11-16,26H,3,5,7-8,10H2,1-2,4,6H3/b18-9+,20-16-. The van der Waals surface area contributed by atoms with Crippen LogP contribution in [0.25, 0.3) is 18.4 Å². The molecule has 0 fully saturated rings. The quantitative estimate of drug-likeness (QED) is 0.829. The second-order valence-electron chi connectivity index (χ2n) is 7.27. The van der Waals surface area contributed by atoms with E-state index in [1.165, 1.54) is 5.57 Å². The lowest BCUT2D eigenvalue weighted by atomic mass is 10.0. The van der Waals surface area contributed by atoms with Crippen molar-refractivity contribution in [1.82, 2.24) is 10.3 Å². The van der Waals surface area contributed by atoms with Gasteiger partial charge in [-0.05, 0) is 60.0 Å².